The molecule has 1 saturated heterocycles. The lowest BCUT2D eigenvalue weighted by atomic mass is 10.1. The molecule has 1 aromatic carbocycles. The Balaban J connectivity index is 1.51. The highest BCUT2D eigenvalue weighted by Crippen LogP contribution is 2.40. The van der Waals surface area contributed by atoms with Crippen LogP contribution in [-0.4, -0.2) is 61.3 Å². The van der Waals surface area contributed by atoms with Crippen molar-refractivity contribution in [3.05, 3.63) is 35.9 Å². The van der Waals surface area contributed by atoms with E-state index in [2.05, 4.69) is 47.1 Å². The quantitative estimate of drug-likeness (QED) is 0.848. The Morgan fingerprint density at radius 3 is 2.43 bits per heavy atom. The van der Waals surface area contributed by atoms with Gasteiger partial charge in [0.05, 0.1) is 12.2 Å². The van der Waals surface area contributed by atoms with Gasteiger partial charge in [0, 0.05) is 19.6 Å². The minimum Gasteiger partial charge on any atom is -0.372 e. The summed E-state index contributed by atoms with van der Waals surface area (Å²) in [6.07, 6.45) is 6.28. The van der Waals surface area contributed by atoms with E-state index >= 15 is 0 Å². The molecule has 1 spiro atoms. The summed E-state index contributed by atoms with van der Waals surface area (Å²) in [4.78, 5) is 5.19. The van der Waals surface area contributed by atoms with Crippen molar-refractivity contribution >= 4 is 0 Å². The summed E-state index contributed by atoms with van der Waals surface area (Å²) in [6.45, 7) is 10.2. The van der Waals surface area contributed by atoms with Gasteiger partial charge in [-0.3, -0.25) is 0 Å². The van der Waals surface area contributed by atoms with Gasteiger partial charge >= 0.3 is 0 Å². The van der Waals surface area contributed by atoms with E-state index in [0.717, 1.165) is 39.2 Å². The van der Waals surface area contributed by atoms with Crippen molar-refractivity contribution in [3.8, 4) is 0 Å². The SMILES string of the molecule is CCN1CCCCN(CCc2ccccc2)CCOC2(CC2)C1. The van der Waals surface area contributed by atoms with Gasteiger partial charge in [0.1, 0.15) is 0 Å². The number of benzene rings is 1. The highest BCUT2D eigenvalue weighted by molar-refractivity contribution is 5.14. The van der Waals surface area contributed by atoms with E-state index < -0.39 is 0 Å². The van der Waals surface area contributed by atoms with Gasteiger partial charge in [-0.25, -0.2) is 0 Å². The van der Waals surface area contributed by atoms with E-state index in [1.165, 1.54) is 44.3 Å². The molecule has 0 radical (unpaired) electrons. The van der Waals surface area contributed by atoms with Gasteiger partial charge in [0.2, 0.25) is 0 Å². The zero-order chi connectivity index (χ0) is 16.0. The molecule has 1 aromatic rings. The first-order chi connectivity index (χ1) is 11.3. The molecule has 0 bridgehead atoms. The zero-order valence-electron chi connectivity index (χ0n) is 14.7. The lowest BCUT2D eigenvalue weighted by molar-refractivity contribution is 0.000265. The van der Waals surface area contributed by atoms with Crippen molar-refractivity contribution in [2.75, 3.05) is 45.9 Å². The third kappa shape index (κ3) is 5.30. The zero-order valence-corrected chi connectivity index (χ0v) is 14.7. The summed E-state index contributed by atoms with van der Waals surface area (Å²) in [6, 6.07) is 10.9. The molecule has 1 saturated carbocycles. The molecule has 0 unspecified atom stereocenters. The predicted molar refractivity (Wildman–Crippen MR) is 95.9 cm³/mol. The Hall–Kier alpha value is -0.900. The molecule has 3 rings (SSSR count). The normalized spacial score (nSPS) is 23.5. The molecule has 0 N–H and O–H groups in total. The Labute approximate surface area is 141 Å². The topological polar surface area (TPSA) is 15.7 Å². The minimum atomic E-state index is 0.200. The summed E-state index contributed by atoms with van der Waals surface area (Å²) < 4.78 is 6.30. The van der Waals surface area contributed by atoms with E-state index in [1.807, 2.05) is 0 Å². The third-order valence-corrected chi connectivity index (χ3v) is 5.34. The molecule has 0 amide bonds. The van der Waals surface area contributed by atoms with Crippen LogP contribution in [0.2, 0.25) is 0 Å². The minimum absolute atomic E-state index is 0.200. The number of likely N-dealkylation sites (N-methyl/N-ethyl adjacent to an activating group) is 1. The monoisotopic (exact) mass is 316 g/mol. The maximum Gasteiger partial charge on any atom is 0.0811 e. The molecule has 0 aromatic heterocycles. The fourth-order valence-electron chi connectivity index (χ4n) is 3.57. The van der Waals surface area contributed by atoms with Gasteiger partial charge in [0.15, 0.2) is 0 Å². The van der Waals surface area contributed by atoms with Crippen LogP contribution in [0.3, 0.4) is 0 Å². The summed E-state index contributed by atoms with van der Waals surface area (Å²) in [5.41, 5.74) is 1.64. The number of hydrogen-bond donors (Lipinski definition) is 0. The van der Waals surface area contributed by atoms with Crippen LogP contribution >= 0.6 is 0 Å². The van der Waals surface area contributed by atoms with Gasteiger partial charge in [-0.15, -0.1) is 0 Å². The average Bonchev–Trinajstić information content (AvgIpc) is 3.35. The fraction of sp³-hybridized carbons (Fsp3) is 0.700. The first kappa shape index (κ1) is 16.9. The van der Waals surface area contributed by atoms with E-state index in [-0.39, 0.29) is 5.60 Å². The van der Waals surface area contributed by atoms with Crippen molar-refractivity contribution in [2.45, 2.75) is 44.6 Å². The largest absolute Gasteiger partial charge is 0.372 e. The second-order valence-corrected chi connectivity index (χ2v) is 7.18. The Morgan fingerprint density at radius 1 is 1.00 bits per heavy atom. The maximum absolute atomic E-state index is 6.30. The van der Waals surface area contributed by atoms with Gasteiger partial charge in [0.25, 0.3) is 0 Å². The van der Waals surface area contributed by atoms with Crippen LogP contribution < -0.4 is 0 Å². The van der Waals surface area contributed by atoms with E-state index in [0.29, 0.717) is 0 Å². The lowest BCUT2D eigenvalue weighted by Crippen LogP contribution is -2.37. The molecular formula is C20H32N2O. The van der Waals surface area contributed by atoms with Gasteiger partial charge in [-0.2, -0.15) is 0 Å². The van der Waals surface area contributed by atoms with Gasteiger partial charge < -0.3 is 14.5 Å². The second-order valence-electron chi connectivity index (χ2n) is 7.18. The molecular weight excluding hydrogens is 284 g/mol. The van der Waals surface area contributed by atoms with Crippen LogP contribution in [0.5, 0.6) is 0 Å². The smallest absolute Gasteiger partial charge is 0.0811 e. The van der Waals surface area contributed by atoms with Crippen molar-refractivity contribution in [3.63, 3.8) is 0 Å². The molecule has 23 heavy (non-hydrogen) atoms. The van der Waals surface area contributed by atoms with Crippen LogP contribution in [0.1, 0.15) is 38.2 Å². The number of ether oxygens (including phenoxy) is 1. The Morgan fingerprint density at radius 2 is 1.74 bits per heavy atom. The van der Waals surface area contributed by atoms with Gasteiger partial charge in [-0.1, -0.05) is 37.3 Å². The van der Waals surface area contributed by atoms with E-state index in [9.17, 15) is 0 Å². The van der Waals surface area contributed by atoms with Crippen LogP contribution in [0.15, 0.2) is 30.3 Å². The molecule has 0 atom stereocenters. The number of rotatable bonds is 4. The van der Waals surface area contributed by atoms with E-state index in [4.69, 9.17) is 4.74 Å². The molecule has 128 valence electrons. The Kier molecular flexibility index (Phi) is 6.09. The summed E-state index contributed by atoms with van der Waals surface area (Å²) >= 11 is 0. The van der Waals surface area contributed by atoms with Crippen molar-refractivity contribution in [1.29, 1.82) is 0 Å². The first-order valence-corrected chi connectivity index (χ1v) is 9.42. The third-order valence-electron chi connectivity index (χ3n) is 5.34. The highest BCUT2D eigenvalue weighted by atomic mass is 16.5. The molecule has 1 aliphatic heterocycles. The Bertz CT molecular complexity index is 458. The fourth-order valence-corrected chi connectivity index (χ4v) is 3.57. The number of hydrogen-bond acceptors (Lipinski definition) is 3. The number of nitrogens with zero attached hydrogens (tertiary/aromatic N) is 2. The van der Waals surface area contributed by atoms with Gasteiger partial charge in [-0.05, 0) is 57.3 Å². The predicted octanol–water partition coefficient (Wildman–Crippen LogP) is 3.20. The highest BCUT2D eigenvalue weighted by Gasteiger charge is 2.45. The van der Waals surface area contributed by atoms with Crippen molar-refractivity contribution in [1.82, 2.24) is 9.80 Å². The average molecular weight is 316 g/mol. The maximum atomic E-state index is 6.30. The van der Waals surface area contributed by atoms with Crippen LogP contribution in [0, 0.1) is 0 Å². The molecule has 1 heterocycles. The van der Waals surface area contributed by atoms with Crippen LogP contribution in [-0.2, 0) is 11.2 Å². The molecule has 2 aliphatic rings. The van der Waals surface area contributed by atoms with E-state index in [1.54, 1.807) is 0 Å². The molecule has 3 nitrogen and oxygen atoms in total. The molecule has 1 aliphatic carbocycles. The summed E-state index contributed by atoms with van der Waals surface area (Å²) in [5, 5.41) is 0. The standard InChI is InChI=1S/C20H32N2O/c1-2-21-13-6-7-14-22(15-10-19-8-4-3-5-9-19)16-17-23-20(18-21)11-12-20/h3-5,8-9H,2,6-7,10-18H2,1H3. The van der Waals surface area contributed by atoms with Crippen LogP contribution in [0.25, 0.3) is 0 Å². The molecule has 2 fully saturated rings. The van der Waals surface area contributed by atoms with Crippen molar-refractivity contribution in [2.24, 2.45) is 0 Å². The molecule has 3 heteroatoms. The van der Waals surface area contributed by atoms with Crippen molar-refractivity contribution < 1.29 is 4.74 Å². The first-order valence-electron chi connectivity index (χ1n) is 9.42. The van der Waals surface area contributed by atoms with Crippen LogP contribution in [0.4, 0.5) is 0 Å². The second kappa shape index (κ2) is 8.27. The lowest BCUT2D eigenvalue weighted by Gasteiger charge is -2.26. The summed E-state index contributed by atoms with van der Waals surface area (Å²) in [7, 11) is 0. The summed E-state index contributed by atoms with van der Waals surface area (Å²) in [5.74, 6) is 0.